The van der Waals surface area contributed by atoms with Gasteiger partial charge in [-0.2, -0.15) is 17.6 Å². The predicted molar refractivity (Wildman–Crippen MR) is 103 cm³/mol. The largest absolute Gasteiger partial charge is 0.417 e. The maximum atomic E-state index is 14.7. The molecule has 3 rings (SSSR count). The molecule has 0 spiro atoms. The quantitative estimate of drug-likeness (QED) is 0.230. The Hall–Kier alpha value is -2.80. The maximum absolute atomic E-state index is 14.7. The van der Waals surface area contributed by atoms with Gasteiger partial charge in [-0.05, 0) is 36.2 Å². The lowest BCUT2D eigenvalue weighted by Gasteiger charge is -2.14. The van der Waals surface area contributed by atoms with Gasteiger partial charge in [0.25, 0.3) is 0 Å². The Labute approximate surface area is 174 Å². The highest BCUT2D eigenvalue weighted by molar-refractivity contribution is 6.31. The lowest BCUT2D eigenvalue weighted by Crippen LogP contribution is -2.13. The molecule has 0 N–H and O–H groups in total. The van der Waals surface area contributed by atoms with Crippen LogP contribution in [0.4, 0.5) is 22.0 Å². The van der Waals surface area contributed by atoms with Crippen molar-refractivity contribution in [2.75, 3.05) is 0 Å². The van der Waals surface area contributed by atoms with Gasteiger partial charge in [0.2, 0.25) is 5.95 Å². The smallest absolute Gasteiger partial charge is 0.294 e. The molecular weight excluding hydrogens is 425 g/mol. The predicted octanol–water partition coefficient (Wildman–Crippen LogP) is 7.23. The van der Waals surface area contributed by atoms with E-state index in [4.69, 9.17) is 11.6 Å². The molecule has 0 aliphatic heterocycles. The standard InChI is InChI=1S/C22H15ClF5NO/c23-18-11-13(14-6-10-21(25)29-12-14)5-7-16(18)19(24)8-9-20(30)15-3-1-2-4-17(15)22(26,27)28/h1-7,10-12,19H,8-9H2. The van der Waals surface area contributed by atoms with Crippen molar-refractivity contribution in [3.63, 3.8) is 0 Å². The van der Waals surface area contributed by atoms with Crippen LogP contribution >= 0.6 is 11.6 Å². The summed E-state index contributed by atoms with van der Waals surface area (Å²) in [5, 5.41) is 0.0902. The molecule has 8 heteroatoms. The van der Waals surface area contributed by atoms with E-state index in [9.17, 15) is 26.7 Å². The number of hydrogen-bond acceptors (Lipinski definition) is 2. The van der Waals surface area contributed by atoms with E-state index in [1.807, 2.05) is 0 Å². The van der Waals surface area contributed by atoms with Crippen LogP contribution in [0.15, 0.2) is 60.8 Å². The first-order valence-corrected chi connectivity index (χ1v) is 9.29. The summed E-state index contributed by atoms with van der Waals surface area (Å²) in [6.07, 6.45) is -5.73. The molecule has 2 aromatic carbocycles. The van der Waals surface area contributed by atoms with Crippen LogP contribution in [0.3, 0.4) is 0 Å². The van der Waals surface area contributed by atoms with E-state index in [0.29, 0.717) is 11.1 Å². The second-order valence-electron chi connectivity index (χ2n) is 6.58. The van der Waals surface area contributed by atoms with Crippen molar-refractivity contribution in [1.29, 1.82) is 0 Å². The van der Waals surface area contributed by atoms with E-state index >= 15 is 0 Å². The average molecular weight is 440 g/mol. The molecule has 2 nitrogen and oxygen atoms in total. The first-order valence-electron chi connectivity index (χ1n) is 8.91. The normalized spacial score (nSPS) is 12.6. The number of benzene rings is 2. The molecule has 1 atom stereocenters. The third-order valence-corrected chi connectivity index (χ3v) is 4.88. The fourth-order valence-corrected chi connectivity index (χ4v) is 3.33. The minimum Gasteiger partial charge on any atom is -0.294 e. The van der Waals surface area contributed by atoms with Gasteiger partial charge in [-0.15, -0.1) is 0 Å². The zero-order valence-electron chi connectivity index (χ0n) is 15.4. The van der Waals surface area contributed by atoms with Gasteiger partial charge in [0.1, 0.15) is 6.17 Å². The monoisotopic (exact) mass is 439 g/mol. The van der Waals surface area contributed by atoms with Crippen molar-refractivity contribution in [2.24, 2.45) is 0 Å². The van der Waals surface area contributed by atoms with Crippen molar-refractivity contribution in [1.82, 2.24) is 4.98 Å². The van der Waals surface area contributed by atoms with Gasteiger partial charge in [0.15, 0.2) is 5.78 Å². The third-order valence-electron chi connectivity index (χ3n) is 4.56. The van der Waals surface area contributed by atoms with Gasteiger partial charge in [0.05, 0.1) is 5.56 Å². The van der Waals surface area contributed by atoms with E-state index in [-0.39, 0.29) is 17.0 Å². The number of nitrogens with zero attached hydrogens (tertiary/aromatic N) is 1. The Bertz CT molecular complexity index is 1050. The van der Waals surface area contributed by atoms with Crippen LogP contribution in [0, 0.1) is 5.95 Å². The highest BCUT2D eigenvalue weighted by atomic mass is 35.5. The zero-order chi connectivity index (χ0) is 21.9. The molecule has 30 heavy (non-hydrogen) atoms. The van der Waals surface area contributed by atoms with Crippen LogP contribution in [0.1, 0.15) is 40.5 Å². The number of halogens is 6. The van der Waals surface area contributed by atoms with E-state index in [2.05, 4.69) is 4.98 Å². The Balaban J connectivity index is 1.72. The van der Waals surface area contributed by atoms with Crippen LogP contribution in [0.2, 0.25) is 5.02 Å². The summed E-state index contributed by atoms with van der Waals surface area (Å²) in [5.41, 5.74) is -0.228. The molecule has 0 aliphatic rings. The molecule has 3 aromatic rings. The molecule has 0 amide bonds. The second-order valence-corrected chi connectivity index (χ2v) is 6.99. The number of pyridine rings is 1. The first-order chi connectivity index (χ1) is 14.2. The van der Waals surface area contributed by atoms with Gasteiger partial charge in [-0.25, -0.2) is 9.37 Å². The van der Waals surface area contributed by atoms with Gasteiger partial charge < -0.3 is 0 Å². The summed E-state index contributed by atoms with van der Waals surface area (Å²) in [5.74, 6) is -1.43. The van der Waals surface area contributed by atoms with Crippen molar-refractivity contribution >= 4 is 17.4 Å². The minimum atomic E-state index is -4.67. The van der Waals surface area contributed by atoms with Gasteiger partial charge >= 0.3 is 6.18 Å². The topological polar surface area (TPSA) is 30.0 Å². The molecule has 0 saturated heterocycles. The Morgan fingerprint density at radius 1 is 1.03 bits per heavy atom. The van der Waals surface area contributed by atoms with Gasteiger partial charge in [0, 0.05) is 34.3 Å². The number of alkyl halides is 4. The SMILES string of the molecule is O=C(CCC(F)c1ccc(-c2ccc(F)nc2)cc1Cl)c1ccccc1C(F)(F)F. The summed E-state index contributed by atoms with van der Waals surface area (Å²) >= 11 is 6.15. The number of rotatable bonds is 6. The summed E-state index contributed by atoms with van der Waals surface area (Å²) < 4.78 is 66.8. The molecule has 1 heterocycles. The lowest BCUT2D eigenvalue weighted by molar-refractivity contribution is -0.137. The number of carbonyl (C=O) groups excluding carboxylic acids is 1. The number of Topliss-reactive ketones (excluding diaryl/α,β-unsaturated/α-hetero) is 1. The van der Waals surface area contributed by atoms with E-state index in [0.717, 1.165) is 12.1 Å². The van der Waals surface area contributed by atoms with Crippen LogP contribution in [-0.4, -0.2) is 10.8 Å². The number of carbonyl (C=O) groups is 1. The van der Waals surface area contributed by atoms with Crippen LogP contribution in [0.5, 0.6) is 0 Å². The fraction of sp³-hybridized carbons (Fsp3) is 0.182. The Morgan fingerprint density at radius 2 is 1.73 bits per heavy atom. The lowest BCUT2D eigenvalue weighted by atomic mass is 9.96. The summed E-state index contributed by atoms with van der Waals surface area (Å²) in [6, 6.07) is 11.6. The molecule has 156 valence electrons. The number of hydrogen-bond donors (Lipinski definition) is 0. The summed E-state index contributed by atoms with van der Waals surface area (Å²) in [6.45, 7) is 0. The van der Waals surface area contributed by atoms with Gasteiger partial charge in [-0.3, -0.25) is 4.79 Å². The second kappa shape index (κ2) is 8.92. The molecule has 1 aromatic heterocycles. The molecule has 1 unspecified atom stereocenters. The van der Waals surface area contributed by atoms with Crippen LogP contribution in [0.25, 0.3) is 11.1 Å². The van der Waals surface area contributed by atoms with Crippen LogP contribution in [-0.2, 0) is 6.18 Å². The highest BCUT2D eigenvalue weighted by Crippen LogP contribution is 2.35. The van der Waals surface area contributed by atoms with Crippen LogP contribution < -0.4 is 0 Å². The first kappa shape index (κ1) is 21.9. The molecular formula is C22H15ClF5NO. The summed E-state index contributed by atoms with van der Waals surface area (Å²) in [7, 11) is 0. The molecule has 0 aliphatic carbocycles. The third kappa shape index (κ3) is 5.02. The minimum absolute atomic E-state index is 0.0902. The fourth-order valence-electron chi connectivity index (χ4n) is 3.03. The summed E-state index contributed by atoms with van der Waals surface area (Å²) in [4.78, 5) is 15.8. The van der Waals surface area contributed by atoms with Crippen molar-refractivity contribution < 1.29 is 26.7 Å². The number of ketones is 1. The molecule has 0 bridgehead atoms. The van der Waals surface area contributed by atoms with E-state index in [1.165, 1.54) is 42.6 Å². The van der Waals surface area contributed by atoms with Crippen molar-refractivity contribution in [3.8, 4) is 11.1 Å². The Kier molecular flexibility index (Phi) is 6.51. The molecule has 0 fully saturated rings. The van der Waals surface area contributed by atoms with E-state index < -0.39 is 41.6 Å². The average Bonchev–Trinajstić information content (AvgIpc) is 2.71. The van der Waals surface area contributed by atoms with Crippen molar-refractivity contribution in [3.05, 3.63) is 88.5 Å². The Morgan fingerprint density at radius 3 is 2.37 bits per heavy atom. The molecule has 0 radical (unpaired) electrons. The van der Waals surface area contributed by atoms with Gasteiger partial charge in [-0.1, -0.05) is 41.9 Å². The van der Waals surface area contributed by atoms with Crippen molar-refractivity contribution in [2.45, 2.75) is 25.2 Å². The zero-order valence-corrected chi connectivity index (χ0v) is 16.1. The molecule has 0 saturated carbocycles. The number of aromatic nitrogens is 1. The van der Waals surface area contributed by atoms with E-state index in [1.54, 1.807) is 6.07 Å². The highest BCUT2D eigenvalue weighted by Gasteiger charge is 2.34. The maximum Gasteiger partial charge on any atom is 0.417 e.